The van der Waals surface area contributed by atoms with Gasteiger partial charge in [0, 0.05) is 87.6 Å². The average Bonchev–Trinajstić information content (AvgIpc) is 3.05. The molecule has 0 radical (unpaired) electrons. The zero-order valence-corrected chi connectivity index (χ0v) is 27.3. The van der Waals surface area contributed by atoms with Crippen LogP contribution in [0, 0.1) is 20.8 Å². The van der Waals surface area contributed by atoms with Gasteiger partial charge in [-0.3, -0.25) is 9.59 Å². The maximum atomic E-state index is 13.8. The van der Waals surface area contributed by atoms with Crippen molar-refractivity contribution < 1.29 is 14.3 Å². The number of pyridine rings is 1. The molecule has 0 saturated carbocycles. The molecular formula is C36H49N5O4. The van der Waals surface area contributed by atoms with Gasteiger partial charge < -0.3 is 34.9 Å². The Kier molecular flexibility index (Phi) is 11.3. The molecule has 1 amide bonds. The van der Waals surface area contributed by atoms with Gasteiger partial charge in [0.25, 0.3) is 11.5 Å². The molecule has 2 aromatic carbocycles. The molecule has 1 aromatic heterocycles. The topological polar surface area (TPSA) is 98.9 Å². The van der Waals surface area contributed by atoms with Crippen molar-refractivity contribution in [3.05, 3.63) is 80.8 Å². The van der Waals surface area contributed by atoms with Crippen LogP contribution in [0.25, 0.3) is 11.1 Å². The summed E-state index contributed by atoms with van der Waals surface area (Å²) in [5.41, 5.74) is 6.68. The van der Waals surface area contributed by atoms with Gasteiger partial charge >= 0.3 is 0 Å². The molecule has 3 N–H and O–H groups in total. The van der Waals surface area contributed by atoms with Crippen molar-refractivity contribution in [2.75, 3.05) is 64.0 Å². The number of aryl methyl sites for hydroxylation is 2. The minimum Gasteiger partial charge on any atom is -0.494 e. The van der Waals surface area contributed by atoms with E-state index in [-0.39, 0.29) is 18.0 Å². The number of anilines is 1. The van der Waals surface area contributed by atoms with Crippen molar-refractivity contribution in [3.8, 4) is 16.9 Å². The third kappa shape index (κ3) is 8.34. The van der Waals surface area contributed by atoms with E-state index in [4.69, 9.17) is 9.47 Å². The summed E-state index contributed by atoms with van der Waals surface area (Å²) in [6.07, 6.45) is 2.90. The number of rotatable bonds is 12. The lowest BCUT2D eigenvalue weighted by Crippen LogP contribution is -2.43. The van der Waals surface area contributed by atoms with Gasteiger partial charge in [0.15, 0.2) is 0 Å². The number of aromatic nitrogens is 1. The second-order valence-electron chi connectivity index (χ2n) is 12.2. The summed E-state index contributed by atoms with van der Waals surface area (Å²) >= 11 is 0. The monoisotopic (exact) mass is 615 g/mol. The predicted octanol–water partition coefficient (Wildman–Crippen LogP) is 4.58. The van der Waals surface area contributed by atoms with Crippen molar-refractivity contribution in [1.82, 2.24) is 20.5 Å². The van der Waals surface area contributed by atoms with E-state index in [1.54, 1.807) is 0 Å². The Labute approximate surface area is 267 Å². The lowest BCUT2D eigenvalue weighted by atomic mass is 9.95. The molecule has 3 heterocycles. The van der Waals surface area contributed by atoms with E-state index in [1.807, 2.05) is 45.0 Å². The minimum absolute atomic E-state index is 0.164. The Balaban J connectivity index is 1.37. The van der Waals surface area contributed by atoms with E-state index in [1.165, 1.54) is 0 Å². The molecule has 242 valence electrons. The summed E-state index contributed by atoms with van der Waals surface area (Å²) in [4.78, 5) is 34.1. The van der Waals surface area contributed by atoms with Crippen molar-refractivity contribution >= 4 is 11.6 Å². The van der Waals surface area contributed by atoms with Gasteiger partial charge in [0.1, 0.15) is 5.75 Å². The van der Waals surface area contributed by atoms with Crippen molar-refractivity contribution in [1.29, 1.82) is 0 Å². The normalized spacial score (nSPS) is 16.0. The number of H-pyrrole nitrogens is 1. The summed E-state index contributed by atoms with van der Waals surface area (Å²) in [5, 5.41) is 6.43. The smallest absolute Gasteiger partial charge is 0.253 e. The van der Waals surface area contributed by atoms with Crippen LogP contribution in [0.3, 0.4) is 0 Å². The van der Waals surface area contributed by atoms with Crippen molar-refractivity contribution in [2.45, 2.75) is 59.5 Å². The van der Waals surface area contributed by atoms with Crippen LogP contribution in [0.1, 0.15) is 58.9 Å². The number of benzene rings is 2. The molecule has 0 bridgehead atoms. The predicted molar refractivity (Wildman–Crippen MR) is 181 cm³/mol. The van der Waals surface area contributed by atoms with Crippen LogP contribution in [0.5, 0.6) is 5.75 Å². The molecule has 3 aromatic rings. The van der Waals surface area contributed by atoms with Crippen LogP contribution in [0.15, 0.2) is 47.3 Å². The van der Waals surface area contributed by atoms with E-state index >= 15 is 0 Å². The first kappa shape index (κ1) is 32.7. The highest BCUT2D eigenvalue weighted by atomic mass is 16.5. The zero-order valence-electron chi connectivity index (χ0n) is 27.3. The van der Waals surface area contributed by atoms with Gasteiger partial charge in [-0.2, -0.15) is 0 Å². The van der Waals surface area contributed by atoms with E-state index in [0.717, 1.165) is 111 Å². The molecule has 5 rings (SSSR count). The molecule has 45 heavy (non-hydrogen) atoms. The summed E-state index contributed by atoms with van der Waals surface area (Å²) in [5.74, 6) is 0.655. The SMILES string of the molecule is CCN(c1cc(-c2ccc(OCCCN3CCNCC3)cc2)cc(C(=O)NCc2c(C)cc(C)[nH]c2=O)c1C)C1CCOCC1. The number of carbonyl (C=O) groups excluding carboxylic acids is 1. The highest BCUT2D eigenvalue weighted by Crippen LogP contribution is 2.34. The number of hydrogen-bond acceptors (Lipinski definition) is 7. The molecule has 2 saturated heterocycles. The summed E-state index contributed by atoms with van der Waals surface area (Å²) in [6, 6.07) is 14.6. The number of ether oxygens (including phenoxy) is 2. The van der Waals surface area contributed by atoms with E-state index in [0.29, 0.717) is 23.8 Å². The first-order valence-electron chi connectivity index (χ1n) is 16.5. The number of nitrogens with zero attached hydrogens (tertiary/aromatic N) is 2. The molecule has 2 fully saturated rings. The highest BCUT2D eigenvalue weighted by Gasteiger charge is 2.25. The Morgan fingerprint density at radius 1 is 1.04 bits per heavy atom. The fraction of sp³-hybridized carbons (Fsp3) is 0.500. The van der Waals surface area contributed by atoms with Crippen molar-refractivity contribution in [2.24, 2.45) is 0 Å². The molecular weight excluding hydrogens is 566 g/mol. The van der Waals surface area contributed by atoms with Crippen LogP contribution in [0.4, 0.5) is 5.69 Å². The van der Waals surface area contributed by atoms with Gasteiger partial charge in [0.2, 0.25) is 0 Å². The second-order valence-corrected chi connectivity index (χ2v) is 12.2. The summed E-state index contributed by atoms with van der Waals surface area (Å²) < 4.78 is 11.7. The van der Waals surface area contributed by atoms with E-state index in [9.17, 15) is 9.59 Å². The standard InChI is InChI=1S/C36H49N5O4/c1-5-41(30-11-19-44-20-12-30)34-23-29(28-7-9-31(10-8-28)45-18-6-15-40-16-13-37-14-17-40)22-32(27(34)4)35(42)38-24-33-25(2)21-26(3)39-36(33)43/h7-10,21-23,30,37H,5-6,11-20,24H2,1-4H3,(H,38,42)(H,39,43). The third-order valence-corrected chi connectivity index (χ3v) is 9.11. The molecule has 0 unspecified atom stereocenters. The van der Waals surface area contributed by atoms with Crippen LogP contribution in [-0.4, -0.2) is 80.9 Å². The molecule has 9 nitrogen and oxygen atoms in total. The Hall–Kier alpha value is -3.66. The summed E-state index contributed by atoms with van der Waals surface area (Å²) in [6.45, 7) is 16.5. The van der Waals surface area contributed by atoms with Gasteiger partial charge in [-0.15, -0.1) is 0 Å². The highest BCUT2D eigenvalue weighted by molar-refractivity contribution is 5.99. The number of piperazine rings is 1. The van der Waals surface area contributed by atoms with E-state index < -0.39 is 0 Å². The van der Waals surface area contributed by atoms with E-state index in [2.05, 4.69) is 50.5 Å². The van der Waals surface area contributed by atoms with Gasteiger partial charge in [-0.25, -0.2) is 0 Å². The first-order valence-corrected chi connectivity index (χ1v) is 16.5. The molecule has 0 spiro atoms. The quantitative estimate of drug-likeness (QED) is 0.257. The first-order chi connectivity index (χ1) is 21.8. The second kappa shape index (κ2) is 15.6. The third-order valence-electron chi connectivity index (χ3n) is 9.11. The zero-order chi connectivity index (χ0) is 31.8. The number of amides is 1. The van der Waals surface area contributed by atoms with Gasteiger partial charge in [0.05, 0.1) is 6.61 Å². The molecule has 2 aliphatic rings. The number of carbonyl (C=O) groups is 1. The lowest BCUT2D eigenvalue weighted by Gasteiger charge is -2.37. The minimum atomic E-state index is -0.192. The number of hydrogen-bond donors (Lipinski definition) is 3. The maximum absolute atomic E-state index is 13.8. The van der Waals surface area contributed by atoms with Crippen LogP contribution >= 0.6 is 0 Å². The summed E-state index contributed by atoms with van der Waals surface area (Å²) in [7, 11) is 0. The number of aromatic amines is 1. The van der Waals surface area contributed by atoms with Crippen LogP contribution in [0.2, 0.25) is 0 Å². The molecule has 2 aliphatic heterocycles. The average molecular weight is 616 g/mol. The largest absolute Gasteiger partial charge is 0.494 e. The van der Waals surface area contributed by atoms with Gasteiger partial charge in [-0.05, 0) is 99.5 Å². The Bertz CT molecular complexity index is 1490. The van der Waals surface area contributed by atoms with Crippen molar-refractivity contribution in [3.63, 3.8) is 0 Å². The molecule has 0 aliphatic carbocycles. The molecule has 0 atom stereocenters. The fourth-order valence-electron chi connectivity index (χ4n) is 6.54. The Morgan fingerprint density at radius 2 is 1.78 bits per heavy atom. The molecule has 9 heteroatoms. The lowest BCUT2D eigenvalue weighted by molar-refractivity contribution is 0.0846. The van der Waals surface area contributed by atoms with Crippen LogP contribution in [-0.2, 0) is 11.3 Å². The van der Waals surface area contributed by atoms with Gasteiger partial charge in [-0.1, -0.05) is 12.1 Å². The fourth-order valence-corrected chi connectivity index (χ4v) is 6.54. The van der Waals surface area contributed by atoms with Crippen LogP contribution < -0.4 is 25.8 Å². The number of nitrogens with one attached hydrogen (secondary N) is 3. The Morgan fingerprint density at radius 3 is 2.47 bits per heavy atom. The maximum Gasteiger partial charge on any atom is 0.253 e.